The van der Waals surface area contributed by atoms with Gasteiger partial charge in [0.2, 0.25) is 5.91 Å². The van der Waals surface area contributed by atoms with E-state index in [0.29, 0.717) is 17.0 Å². The van der Waals surface area contributed by atoms with Crippen LogP contribution in [0, 0.1) is 5.82 Å². The Bertz CT molecular complexity index is 1070. The highest BCUT2D eigenvalue weighted by Gasteiger charge is 2.12. The van der Waals surface area contributed by atoms with Crippen LogP contribution in [-0.4, -0.2) is 11.1 Å². The van der Waals surface area contributed by atoms with E-state index in [1.807, 2.05) is 42.5 Å². The molecule has 0 bridgehead atoms. The molecular weight excluding hydrogens is 331 g/mol. The predicted octanol–water partition coefficient (Wildman–Crippen LogP) is 4.82. The number of hydrogen-bond donors (Lipinski definition) is 1. The highest BCUT2D eigenvalue weighted by Crippen LogP contribution is 2.24. The third-order valence-corrected chi connectivity index (χ3v) is 4.09. The number of nitrogens with one attached hydrogen (secondary N) is 1. The van der Waals surface area contributed by atoms with Crippen molar-refractivity contribution in [1.82, 2.24) is 5.16 Å². The Labute approximate surface area is 149 Å². The first kappa shape index (κ1) is 16.0. The molecule has 26 heavy (non-hydrogen) atoms. The van der Waals surface area contributed by atoms with E-state index in [2.05, 4.69) is 10.5 Å². The molecule has 0 fully saturated rings. The smallest absolute Gasteiger partial charge is 0.230 e. The SMILES string of the molecule is O=C(Cc1cc(-c2ccc(F)cc2)on1)Nc1cccc2ccccc12. The summed E-state index contributed by atoms with van der Waals surface area (Å²) < 4.78 is 18.3. The van der Waals surface area contributed by atoms with Crippen molar-refractivity contribution in [1.29, 1.82) is 0 Å². The van der Waals surface area contributed by atoms with Gasteiger partial charge in [-0.3, -0.25) is 4.79 Å². The Balaban J connectivity index is 1.49. The molecule has 0 radical (unpaired) electrons. The Morgan fingerprint density at radius 1 is 1.00 bits per heavy atom. The lowest BCUT2D eigenvalue weighted by molar-refractivity contribution is -0.115. The lowest BCUT2D eigenvalue weighted by atomic mass is 10.1. The molecule has 0 aliphatic heterocycles. The van der Waals surface area contributed by atoms with E-state index in [1.54, 1.807) is 18.2 Å². The monoisotopic (exact) mass is 346 g/mol. The van der Waals surface area contributed by atoms with Crippen LogP contribution in [0.1, 0.15) is 5.69 Å². The molecule has 4 aromatic rings. The van der Waals surface area contributed by atoms with Crippen LogP contribution >= 0.6 is 0 Å². The first-order valence-electron chi connectivity index (χ1n) is 8.18. The van der Waals surface area contributed by atoms with E-state index in [9.17, 15) is 9.18 Å². The number of fused-ring (bicyclic) bond motifs is 1. The molecule has 4 rings (SSSR count). The van der Waals surface area contributed by atoms with Crippen molar-refractivity contribution < 1.29 is 13.7 Å². The minimum atomic E-state index is -0.317. The second-order valence-corrected chi connectivity index (χ2v) is 5.94. The molecule has 4 nitrogen and oxygen atoms in total. The molecule has 0 saturated heterocycles. The first-order chi connectivity index (χ1) is 12.7. The highest BCUT2D eigenvalue weighted by atomic mass is 19.1. The summed E-state index contributed by atoms with van der Waals surface area (Å²) in [6, 6.07) is 21.2. The lowest BCUT2D eigenvalue weighted by Crippen LogP contribution is -2.14. The Morgan fingerprint density at radius 3 is 2.62 bits per heavy atom. The molecular formula is C21H15FN2O2. The molecule has 1 aromatic heterocycles. The van der Waals surface area contributed by atoms with E-state index in [-0.39, 0.29) is 18.1 Å². The standard InChI is InChI=1S/C21H15FN2O2/c22-16-10-8-15(9-11-16)20-12-17(24-26-20)13-21(25)23-19-7-3-5-14-4-1-2-6-18(14)19/h1-12H,13H2,(H,23,25). The highest BCUT2D eigenvalue weighted by molar-refractivity contribution is 6.02. The van der Waals surface area contributed by atoms with Gasteiger partial charge in [0, 0.05) is 22.7 Å². The quantitative estimate of drug-likeness (QED) is 0.577. The van der Waals surface area contributed by atoms with Gasteiger partial charge in [-0.2, -0.15) is 0 Å². The summed E-state index contributed by atoms with van der Waals surface area (Å²) in [6.45, 7) is 0. The molecule has 3 aromatic carbocycles. The second-order valence-electron chi connectivity index (χ2n) is 5.94. The maximum atomic E-state index is 13.0. The molecule has 1 amide bonds. The van der Waals surface area contributed by atoms with E-state index in [4.69, 9.17) is 4.52 Å². The molecule has 0 atom stereocenters. The Morgan fingerprint density at radius 2 is 1.77 bits per heavy atom. The van der Waals surface area contributed by atoms with Gasteiger partial charge >= 0.3 is 0 Å². The number of amides is 1. The van der Waals surface area contributed by atoms with Crippen LogP contribution in [0.25, 0.3) is 22.1 Å². The fourth-order valence-corrected chi connectivity index (χ4v) is 2.84. The zero-order valence-electron chi connectivity index (χ0n) is 13.8. The van der Waals surface area contributed by atoms with Gasteiger partial charge in [-0.15, -0.1) is 0 Å². The number of anilines is 1. The van der Waals surface area contributed by atoms with Crippen LogP contribution in [0.15, 0.2) is 77.3 Å². The van der Waals surface area contributed by atoms with Gasteiger partial charge in [0.25, 0.3) is 0 Å². The third kappa shape index (κ3) is 3.32. The number of carbonyl (C=O) groups excluding carboxylic acids is 1. The van der Waals surface area contributed by atoms with Crippen LogP contribution in [-0.2, 0) is 11.2 Å². The predicted molar refractivity (Wildman–Crippen MR) is 98.2 cm³/mol. The van der Waals surface area contributed by atoms with Gasteiger partial charge in [0.1, 0.15) is 5.82 Å². The number of benzene rings is 3. The van der Waals surface area contributed by atoms with Gasteiger partial charge in [-0.25, -0.2) is 4.39 Å². The maximum absolute atomic E-state index is 13.0. The molecule has 0 saturated carbocycles. The molecule has 0 aliphatic carbocycles. The largest absolute Gasteiger partial charge is 0.356 e. The topological polar surface area (TPSA) is 55.1 Å². The van der Waals surface area contributed by atoms with Gasteiger partial charge in [0.15, 0.2) is 5.76 Å². The van der Waals surface area contributed by atoms with Crippen LogP contribution in [0.5, 0.6) is 0 Å². The van der Waals surface area contributed by atoms with E-state index in [1.165, 1.54) is 12.1 Å². The van der Waals surface area contributed by atoms with Crippen molar-refractivity contribution in [3.8, 4) is 11.3 Å². The summed E-state index contributed by atoms with van der Waals surface area (Å²) in [6.07, 6.45) is 0.0912. The number of halogens is 1. The Kier molecular flexibility index (Phi) is 4.19. The third-order valence-electron chi connectivity index (χ3n) is 4.09. The van der Waals surface area contributed by atoms with Gasteiger partial charge in [-0.1, -0.05) is 41.6 Å². The van der Waals surface area contributed by atoms with Crippen molar-refractivity contribution in [2.24, 2.45) is 0 Å². The number of hydrogen-bond acceptors (Lipinski definition) is 3. The van der Waals surface area contributed by atoms with Crippen molar-refractivity contribution >= 4 is 22.4 Å². The summed E-state index contributed by atoms with van der Waals surface area (Å²) in [5.41, 5.74) is 1.98. The van der Waals surface area contributed by atoms with E-state index < -0.39 is 0 Å². The zero-order chi connectivity index (χ0) is 17.9. The molecule has 5 heteroatoms. The molecule has 128 valence electrons. The molecule has 0 unspecified atom stereocenters. The fraction of sp³-hybridized carbons (Fsp3) is 0.0476. The lowest BCUT2D eigenvalue weighted by Gasteiger charge is -2.07. The van der Waals surface area contributed by atoms with Gasteiger partial charge in [-0.05, 0) is 35.7 Å². The first-order valence-corrected chi connectivity index (χ1v) is 8.18. The van der Waals surface area contributed by atoms with Crippen LogP contribution in [0.3, 0.4) is 0 Å². The molecule has 1 N–H and O–H groups in total. The molecule has 0 spiro atoms. The average Bonchev–Trinajstić information content (AvgIpc) is 3.11. The average molecular weight is 346 g/mol. The normalized spacial score (nSPS) is 10.8. The van der Waals surface area contributed by atoms with Gasteiger partial charge in [0.05, 0.1) is 12.1 Å². The van der Waals surface area contributed by atoms with E-state index >= 15 is 0 Å². The second kappa shape index (κ2) is 6.80. The maximum Gasteiger partial charge on any atom is 0.230 e. The summed E-state index contributed by atoms with van der Waals surface area (Å²) in [5, 5.41) is 8.89. The van der Waals surface area contributed by atoms with Gasteiger partial charge < -0.3 is 9.84 Å². The Hall–Kier alpha value is -3.47. The summed E-state index contributed by atoms with van der Waals surface area (Å²) >= 11 is 0. The fourth-order valence-electron chi connectivity index (χ4n) is 2.84. The van der Waals surface area contributed by atoms with Crippen molar-refractivity contribution in [2.45, 2.75) is 6.42 Å². The van der Waals surface area contributed by atoms with Crippen LogP contribution in [0.4, 0.5) is 10.1 Å². The number of nitrogens with zero attached hydrogens (tertiary/aromatic N) is 1. The minimum absolute atomic E-state index is 0.0912. The summed E-state index contributed by atoms with van der Waals surface area (Å²) in [5.74, 6) is 0.00113. The van der Waals surface area contributed by atoms with Crippen molar-refractivity contribution in [3.05, 3.63) is 84.3 Å². The van der Waals surface area contributed by atoms with Crippen LogP contribution < -0.4 is 5.32 Å². The van der Waals surface area contributed by atoms with E-state index in [0.717, 1.165) is 16.5 Å². The molecule has 0 aliphatic rings. The van der Waals surface area contributed by atoms with Crippen molar-refractivity contribution in [3.63, 3.8) is 0 Å². The number of aromatic nitrogens is 1. The summed E-state index contributed by atoms with van der Waals surface area (Å²) in [4.78, 5) is 12.4. The minimum Gasteiger partial charge on any atom is -0.356 e. The molecule has 1 heterocycles. The van der Waals surface area contributed by atoms with Crippen LogP contribution in [0.2, 0.25) is 0 Å². The number of rotatable bonds is 4. The zero-order valence-corrected chi connectivity index (χ0v) is 13.8. The summed E-state index contributed by atoms with van der Waals surface area (Å²) in [7, 11) is 0. The van der Waals surface area contributed by atoms with Crippen molar-refractivity contribution in [2.75, 3.05) is 5.32 Å². The number of carbonyl (C=O) groups is 1.